The van der Waals surface area contributed by atoms with Crippen LogP contribution in [0.3, 0.4) is 0 Å². The Balaban J connectivity index is 1.86. The first-order valence-electron chi connectivity index (χ1n) is 7.28. The van der Waals surface area contributed by atoms with E-state index in [0.29, 0.717) is 34.8 Å². The van der Waals surface area contributed by atoms with Crippen LogP contribution in [0.4, 0.5) is 0 Å². The minimum absolute atomic E-state index is 0.294. The minimum atomic E-state index is -0.415. The van der Waals surface area contributed by atoms with E-state index in [9.17, 15) is 9.59 Å². The molecule has 1 aliphatic rings. The predicted octanol–water partition coefficient (Wildman–Crippen LogP) is 1.64. The molecule has 7 heteroatoms. The van der Waals surface area contributed by atoms with Crippen LogP contribution < -0.4 is 11.2 Å². The third-order valence-electron chi connectivity index (χ3n) is 3.93. The van der Waals surface area contributed by atoms with Gasteiger partial charge in [0.15, 0.2) is 5.82 Å². The lowest BCUT2D eigenvalue weighted by Crippen LogP contribution is -2.34. The summed E-state index contributed by atoms with van der Waals surface area (Å²) < 4.78 is 6.44. The van der Waals surface area contributed by atoms with Crippen molar-refractivity contribution in [2.75, 3.05) is 0 Å². The Hall–Kier alpha value is -2.70. The molecule has 2 aromatic heterocycles. The smallest absolute Gasteiger partial charge is 0.328 e. The molecule has 1 saturated carbocycles. The van der Waals surface area contributed by atoms with Gasteiger partial charge in [0.05, 0.1) is 10.9 Å². The number of benzene rings is 1. The van der Waals surface area contributed by atoms with E-state index < -0.39 is 5.69 Å². The van der Waals surface area contributed by atoms with E-state index in [4.69, 9.17) is 4.52 Å². The summed E-state index contributed by atoms with van der Waals surface area (Å²) >= 11 is 0. The van der Waals surface area contributed by atoms with Gasteiger partial charge in [-0.3, -0.25) is 9.36 Å². The van der Waals surface area contributed by atoms with Crippen molar-refractivity contribution in [2.24, 2.45) is 0 Å². The van der Waals surface area contributed by atoms with Gasteiger partial charge in [-0.25, -0.2) is 4.79 Å². The molecule has 0 amide bonds. The minimum Gasteiger partial charge on any atom is -0.334 e. The van der Waals surface area contributed by atoms with E-state index in [2.05, 4.69) is 15.1 Å². The molecule has 1 fully saturated rings. The van der Waals surface area contributed by atoms with E-state index in [0.717, 1.165) is 18.7 Å². The zero-order valence-electron chi connectivity index (χ0n) is 12.0. The fourth-order valence-electron chi connectivity index (χ4n) is 2.53. The summed E-state index contributed by atoms with van der Waals surface area (Å²) in [5, 5.41) is 4.44. The molecule has 0 atom stereocenters. The van der Waals surface area contributed by atoms with Gasteiger partial charge < -0.3 is 9.51 Å². The highest BCUT2D eigenvalue weighted by Gasteiger charge is 2.29. The quantitative estimate of drug-likeness (QED) is 0.793. The molecule has 112 valence electrons. The van der Waals surface area contributed by atoms with Gasteiger partial charge in [0.25, 0.3) is 11.4 Å². The first kappa shape index (κ1) is 13.0. The maximum atomic E-state index is 12.2. The van der Waals surface area contributed by atoms with Crippen molar-refractivity contribution in [2.45, 2.75) is 32.2 Å². The lowest BCUT2D eigenvalue weighted by Gasteiger charge is -2.04. The van der Waals surface area contributed by atoms with Gasteiger partial charge in [-0.2, -0.15) is 4.98 Å². The number of H-pyrrole nitrogens is 1. The van der Waals surface area contributed by atoms with Gasteiger partial charge in [0.2, 0.25) is 0 Å². The number of hydrogen-bond acceptors (Lipinski definition) is 5. The average molecular weight is 298 g/mol. The van der Waals surface area contributed by atoms with Gasteiger partial charge in [-0.05, 0) is 38.0 Å². The fourth-order valence-corrected chi connectivity index (χ4v) is 2.53. The average Bonchev–Trinajstić information content (AvgIpc) is 3.24. The van der Waals surface area contributed by atoms with Crippen LogP contribution in [-0.2, 0) is 6.54 Å². The van der Waals surface area contributed by atoms with E-state index in [1.54, 1.807) is 25.1 Å². The molecule has 0 aliphatic heterocycles. The van der Waals surface area contributed by atoms with Crippen molar-refractivity contribution >= 4 is 10.9 Å². The van der Waals surface area contributed by atoms with Crippen LogP contribution in [0.15, 0.2) is 32.3 Å². The molecule has 4 rings (SSSR count). The van der Waals surface area contributed by atoms with Crippen LogP contribution >= 0.6 is 0 Å². The van der Waals surface area contributed by atoms with Crippen LogP contribution in [0.5, 0.6) is 0 Å². The summed E-state index contributed by atoms with van der Waals surface area (Å²) in [5.74, 6) is 1.55. The Kier molecular flexibility index (Phi) is 2.75. The predicted molar refractivity (Wildman–Crippen MR) is 79.8 cm³/mol. The van der Waals surface area contributed by atoms with E-state index in [1.165, 1.54) is 4.57 Å². The monoisotopic (exact) mass is 298 g/mol. The number of fused-ring (bicyclic) bond motifs is 1. The molecule has 0 radical (unpaired) electrons. The molecule has 1 aromatic carbocycles. The van der Waals surface area contributed by atoms with Crippen molar-refractivity contribution in [3.63, 3.8) is 0 Å². The van der Waals surface area contributed by atoms with Gasteiger partial charge in [0, 0.05) is 18.0 Å². The van der Waals surface area contributed by atoms with Crippen LogP contribution in [0.25, 0.3) is 22.4 Å². The second-order valence-corrected chi connectivity index (χ2v) is 5.47. The normalized spacial score (nSPS) is 14.6. The molecule has 0 spiro atoms. The maximum Gasteiger partial charge on any atom is 0.328 e. The summed E-state index contributed by atoms with van der Waals surface area (Å²) in [6, 6.07) is 5.13. The second kappa shape index (κ2) is 4.66. The van der Waals surface area contributed by atoms with Crippen LogP contribution in [-0.4, -0.2) is 19.7 Å². The maximum absolute atomic E-state index is 12.2. The number of rotatable bonds is 3. The molecular weight excluding hydrogens is 284 g/mol. The van der Waals surface area contributed by atoms with E-state index in [1.807, 2.05) is 0 Å². The SMILES string of the molecule is CCn1c(=O)[nH]c2cc(-c3nc(C4CC4)no3)ccc2c1=O. The molecule has 2 heterocycles. The molecule has 3 aromatic rings. The molecule has 1 aliphatic carbocycles. The molecule has 0 unspecified atom stereocenters. The second-order valence-electron chi connectivity index (χ2n) is 5.47. The van der Waals surface area contributed by atoms with Crippen molar-refractivity contribution in [1.82, 2.24) is 19.7 Å². The first-order chi connectivity index (χ1) is 10.7. The third kappa shape index (κ3) is 1.97. The standard InChI is InChI=1S/C15H14N4O3/c1-2-19-14(20)10-6-5-9(7-11(10)16-15(19)21)13-17-12(18-22-13)8-3-4-8/h5-8H,2-4H2,1H3,(H,16,21). The number of nitrogens with zero attached hydrogens (tertiary/aromatic N) is 3. The first-order valence-corrected chi connectivity index (χ1v) is 7.28. The summed E-state index contributed by atoms with van der Waals surface area (Å²) in [4.78, 5) is 31.2. The highest BCUT2D eigenvalue weighted by Crippen LogP contribution is 2.38. The van der Waals surface area contributed by atoms with Gasteiger partial charge in [-0.15, -0.1) is 0 Å². The lowest BCUT2D eigenvalue weighted by molar-refractivity contribution is 0.423. The van der Waals surface area contributed by atoms with E-state index >= 15 is 0 Å². The van der Waals surface area contributed by atoms with Crippen molar-refractivity contribution in [1.29, 1.82) is 0 Å². The van der Waals surface area contributed by atoms with Gasteiger partial charge in [0.1, 0.15) is 0 Å². The molecular formula is C15H14N4O3. The number of hydrogen-bond donors (Lipinski definition) is 1. The Morgan fingerprint density at radius 2 is 2.18 bits per heavy atom. The number of aromatic amines is 1. The molecule has 22 heavy (non-hydrogen) atoms. The van der Waals surface area contributed by atoms with Crippen LogP contribution in [0.2, 0.25) is 0 Å². The van der Waals surface area contributed by atoms with Crippen LogP contribution in [0, 0.1) is 0 Å². The summed E-state index contributed by atoms with van der Waals surface area (Å²) in [7, 11) is 0. The highest BCUT2D eigenvalue weighted by molar-refractivity contribution is 5.81. The summed E-state index contributed by atoms with van der Waals surface area (Å²) in [6.45, 7) is 2.09. The Labute approximate surface area is 124 Å². The Morgan fingerprint density at radius 1 is 1.36 bits per heavy atom. The zero-order chi connectivity index (χ0) is 15.3. The van der Waals surface area contributed by atoms with E-state index in [-0.39, 0.29) is 5.56 Å². The summed E-state index contributed by atoms with van der Waals surface area (Å²) in [5.41, 5.74) is 0.456. The number of aromatic nitrogens is 4. The van der Waals surface area contributed by atoms with Gasteiger partial charge in [-0.1, -0.05) is 5.16 Å². The largest absolute Gasteiger partial charge is 0.334 e. The van der Waals surface area contributed by atoms with Gasteiger partial charge >= 0.3 is 5.69 Å². The number of nitrogens with one attached hydrogen (secondary N) is 1. The highest BCUT2D eigenvalue weighted by atomic mass is 16.5. The molecule has 7 nitrogen and oxygen atoms in total. The van der Waals surface area contributed by atoms with Crippen LogP contribution in [0.1, 0.15) is 31.5 Å². The molecule has 0 saturated heterocycles. The fraction of sp³-hybridized carbons (Fsp3) is 0.333. The van der Waals surface area contributed by atoms with Crippen molar-refractivity contribution in [3.8, 4) is 11.5 Å². The topological polar surface area (TPSA) is 93.8 Å². The molecule has 1 N–H and O–H groups in total. The Morgan fingerprint density at radius 3 is 2.91 bits per heavy atom. The third-order valence-corrected chi connectivity index (χ3v) is 3.93. The van der Waals surface area contributed by atoms with Crippen molar-refractivity contribution in [3.05, 3.63) is 44.9 Å². The lowest BCUT2D eigenvalue weighted by atomic mass is 10.1. The van der Waals surface area contributed by atoms with Crippen molar-refractivity contribution < 1.29 is 4.52 Å². The zero-order valence-corrected chi connectivity index (χ0v) is 12.0. The molecule has 0 bridgehead atoms. The Bertz CT molecular complexity index is 978. The summed E-state index contributed by atoms with van der Waals surface area (Å²) in [6.07, 6.45) is 2.20.